The van der Waals surface area contributed by atoms with E-state index in [1.54, 1.807) is 13.2 Å². The average molecular weight is 330 g/mol. The van der Waals surface area contributed by atoms with Gasteiger partial charge in [-0.25, -0.2) is 0 Å². The molecule has 0 aliphatic rings. The van der Waals surface area contributed by atoms with Crippen LogP contribution < -0.4 is 10.6 Å². The van der Waals surface area contributed by atoms with E-state index in [1.807, 2.05) is 0 Å². The molecule has 0 spiro atoms. The Morgan fingerprint density at radius 2 is 2.26 bits per heavy atom. The lowest BCUT2D eigenvalue weighted by molar-refractivity contribution is 0.0901. The van der Waals surface area contributed by atoms with Crippen LogP contribution in [0.3, 0.4) is 0 Å². The highest BCUT2D eigenvalue weighted by molar-refractivity contribution is 6.68. The summed E-state index contributed by atoms with van der Waals surface area (Å²) in [5.74, 6) is -0.307. The van der Waals surface area contributed by atoms with Crippen LogP contribution in [-0.2, 0) is 4.74 Å². The van der Waals surface area contributed by atoms with Gasteiger partial charge in [-0.05, 0) is 25.1 Å². The predicted octanol–water partition coefficient (Wildman–Crippen LogP) is 2.33. The molecule has 0 saturated carbocycles. The molecule has 8 heteroatoms. The number of carbonyl (C=O) groups excluding carboxylic acids is 1. The summed E-state index contributed by atoms with van der Waals surface area (Å²) in [5, 5.41) is 5.49. The molecule has 1 aromatic heterocycles. The van der Waals surface area contributed by atoms with E-state index in [9.17, 15) is 4.79 Å². The molecule has 0 fully saturated rings. The minimum absolute atomic E-state index is 0.151. The Labute approximate surface area is 126 Å². The largest absolute Gasteiger partial charge is 0.459 e. The van der Waals surface area contributed by atoms with Crippen molar-refractivity contribution in [3.8, 4) is 0 Å². The van der Waals surface area contributed by atoms with Gasteiger partial charge in [0.15, 0.2) is 5.76 Å². The van der Waals surface area contributed by atoms with Crippen LogP contribution in [0.4, 0.5) is 0 Å². The van der Waals surface area contributed by atoms with Gasteiger partial charge in [0.05, 0.1) is 6.26 Å². The predicted molar refractivity (Wildman–Crippen MR) is 74.7 cm³/mol. The lowest BCUT2D eigenvalue weighted by Crippen LogP contribution is -2.53. The third kappa shape index (κ3) is 6.01. The number of halogens is 3. The zero-order chi connectivity index (χ0) is 14.3. The Hall–Kier alpha value is -0.460. The quantitative estimate of drug-likeness (QED) is 0.458. The van der Waals surface area contributed by atoms with Gasteiger partial charge in [-0.2, -0.15) is 0 Å². The summed E-state index contributed by atoms with van der Waals surface area (Å²) < 4.78 is 8.20. The fourth-order valence-corrected chi connectivity index (χ4v) is 1.72. The molecular formula is C11H15Cl3N2O3. The Balaban J connectivity index is 2.52. The molecule has 1 aromatic rings. The van der Waals surface area contributed by atoms with Crippen LogP contribution >= 0.6 is 34.8 Å². The van der Waals surface area contributed by atoms with Crippen molar-refractivity contribution in [2.75, 3.05) is 20.3 Å². The van der Waals surface area contributed by atoms with Gasteiger partial charge in [0, 0.05) is 13.7 Å². The van der Waals surface area contributed by atoms with E-state index in [2.05, 4.69) is 10.6 Å². The number of amides is 1. The number of carbonyl (C=O) groups is 1. The minimum Gasteiger partial charge on any atom is -0.459 e. The van der Waals surface area contributed by atoms with Crippen molar-refractivity contribution < 1.29 is 13.9 Å². The van der Waals surface area contributed by atoms with Crippen molar-refractivity contribution in [2.45, 2.75) is 16.4 Å². The molecule has 0 aliphatic carbocycles. The van der Waals surface area contributed by atoms with E-state index in [1.165, 1.54) is 12.3 Å². The number of hydrogen-bond acceptors (Lipinski definition) is 4. The van der Waals surface area contributed by atoms with E-state index in [0.29, 0.717) is 13.2 Å². The standard InChI is InChI=1S/C11H15Cl3N2O3/c1-18-6-3-5-15-10(11(12,13)14)16-9(17)8-4-2-7-19-8/h2,4,7,10,15H,3,5-6H2,1H3,(H,16,17)/t10-/m0/s1. The summed E-state index contributed by atoms with van der Waals surface area (Å²) in [4.78, 5) is 11.8. The molecule has 0 radical (unpaired) electrons. The van der Waals surface area contributed by atoms with Gasteiger partial charge in [-0.15, -0.1) is 0 Å². The first-order valence-corrected chi connectivity index (χ1v) is 6.72. The summed E-state index contributed by atoms with van der Waals surface area (Å²) in [5.41, 5.74) is 0. The minimum atomic E-state index is -1.67. The highest BCUT2D eigenvalue weighted by Crippen LogP contribution is 2.29. The highest BCUT2D eigenvalue weighted by Gasteiger charge is 2.34. The summed E-state index contributed by atoms with van der Waals surface area (Å²) in [6, 6.07) is 3.13. The molecule has 1 heterocycles. The van der Waals surface area contributed by atoms with E-state index >= 15 is 0 Å². The van der Waals surface area contributed by atoms with Gasteiger partial charge in [0.25, 0.3) is 5.91 Å². The summed E-state index contributed by atoms with van der Waals surface area (Å²) in [6.07, 6.45) is 1.29. The lowest BCUT2D eigenvalue weighted by atomic mass is 10.4. The molecule has 108 valence electrons. The van der Waals surface area contributed by atoms with Gasteiger partial charge in [0.1, 0.15) is 6.17 Å². The van der Waals surface area contributed by atoms with E-state index in [-0.39, 0.29) is 5.76 Å². The fraction of sp³-hybridized carbons (Fsp3) is 0.545. The van der Waals surface area contributed by atoms with Crippen molar-refractivity contribution in [1.29, 1.82) is 0 Å². The third-order valence-electron chi connectivity index (χ3n) is 2.22. The van der Waals surface area contributed by atoms with Gasteiger partial charge < -0.3 is 14.5 Å². The molecule has 1 atom stereocenters. The number of nitrogens with one attached hydrogen (secondary N) is 2. The van der Waals surface area contributed by atoms with Crippen LogP contribution in [0.1, 0.15) is 17.0 Å². The normalized spacial score (nSPS) is 13.3. The van der Waals surface area contributed by atoms with Crippen molar-refractivity contribution in [2.24, 2.45) is 0 Å². The van der Waals surface area contributed by atoms with E-state index < -0.39 is 15.9 Å². The van der Waals surface area contributed by atoms with E-state index in [4.69, 9.17) is 44.0 Å². The second-order valence-corrected chi connectivity index (χ2v) is 6.09. The van der Waals surface area contributed by atoms with Crippen molar-refractivity contribution in [3.63, 3.8) is 0 Å². The first-order chi connectivity index (χ1) is 8.95. The topological polar surface area (TPSA) is 63.5 Å². The number of hydrogen-bond donors (Lipinski definition) is 2. The Bertz CT molecular complexity index is 379. The zero-order valence-corrected chi connectivity index (χ0v) is 12.6. The third-order valence-corrected chi connectivity index (χ3v) is 2.88. The smallest absolute Gasteiger partial charge is 0.288 e. The molecule has 19 heavy (non-hydrogen) atoms. The second kappa shape index (κ2) is 7.97. The summed E-state index contributed by atoms with van der Waals surface area (Å²) in [6.45, 7) is 1.11. The van der Waals surface area contributed by atoms with Crippen LogP contribution in [0.5, 0.6) is 0 Å². The molecule has 0 unspecified atom stereocenters. The molecule has 2 N–H and O–H groups in total. The maximum absolute atomic E-state index is 11.8. The van der Waals surface area contributed by atoms with Gasteiger partial charge in [-0.3, -0.25) is 10.1 Å². The number of furan rings is 1. The molecule has 0 bridgehead atoms. The summed E-state index contributed by atoms with van der Waals surface area (Å²) in [7, 11) is 1.60. The Morgan fingerprint density at radius 3 is 2.79 bits per heavy atom. The van der Waals surface area contributed by atoms with Crippen LogP contribution in [0.15, 0.2) is 22.8 Å². The van der Waals surface area contributed by atoms with Crippen LogP contribution in [-0.4, -0.2) is 36.1 Å². The van der Waals surface area contributed by atoms with E-state index in [0.717, 1.165) is 6.42 Å². The fourth-order valence-electron chi connectivity index (χ4n) is 1.32. The average Bonchev–Trinajstić information content (AvgIpc) is 2.85. The van der Waals surface area contributed by atoms with Crippen molar-refractivity contribution in [3.05, 3.63) is 24.2 Å². The molecule has 1 rings (SSSR count). The maximum atomic E-state index is 11.8. The molecule has 0 aromatic carbocycles. The number of rotatable bonds is 7. The molecular weight excluding hydrogens is 314 g/mol. The monoisotopic (exact) mass is 328 g/mol. The summed E-state index contributed by atoms with van der Waals surface area (Å²) >= 11 is 17.4. The Kier molecular flexibility index (Phi) is 6.96. The van der Waals surface area contributed by atoms with Crippen molar-refractivity contribution in [1.82, 2.24) is 10.6 Å². The number of methoxy groups -OCH3 is 1. The van der Waals surface area contributed by atoms with Gasteiger partial charge in [-0.1, -0.05) is 34.8 Å². The number of alkyl halides is 3. The first-order valence-electron chi connectivity index (χ1n) is 5.58. The second-order valence-electron chi connectivity index (χ2n) is 3.73. The first kappa shape index (κ1) is 16.6. The zero-order valence-electron chi connectivity index (χ0n) is 10.3. The Morgan fingerprint density at radius 1 is 1.53 bits per heavy atom. The lowest BCUT2D eigenvalue weighted by Gasteiger charge is -2.26. The highest BCUT2D eigenvalue weighted by atomic mass is 35.6. The molecule has 0 saturated heterocycles. The van der Waals surface area contributed by atoms with Crippen LogP contribution in [0.25, 0.3) is 0 Å². The SMILES string of the molecule is COCCCN[C@@H](NC(=O)c1ccco1)C(Cl)(Cl)Cl. The van der Waals surface area contributed by atoms with Gasteiger partial charge >= 0.3 is 0 Å². The van der Waals surface area contributed by atoms with Crippen molar-refractivity contribution >= 4 is 40.7 Å². The molecule has 5 nitrogen and oxygen atoms in total. The molecule has 1 amide bonds. The maximum Gasteiger partial charge on any atom is 0.288 e. The van der Waals surface area contributed by atoms with Crippen LogP contribution in [0.2, 0.25) is 0 Å². The molecule has 0 aliphatic heterocycles. The van der Waals surface area contributed by atoms with Gasteiger partial charge in [0.2, 0.25) is 3.79 Å². The van der Waals surface area contributed by atoms with Crippen LogP contribution in [0, 0.1) is 0 Å². The number of ether oxygens (including phenoxy) is 1.